The van der Waals surface area contributed by atoms with Gasteiger partial charge in [0.05, 0.1) is 7.11 Å². The summed E-state index contributed by atoms with van der Waals surface area (Å²) in [6.45, 7) is 2.15. The Hall–Kier alpha value is -3.69. The minimum Gasteiger partial charge on any atom is -0.495 e. The lowest BCUT2D eigenvalue weighted by molar-refractivity contribution is 0.0949. The minimum atomic E-state index is -3.80. The van der Waals surface area contributed by atoms with Crippen LogP contribution in [0.4, 0.5) is 5.69 Å². The summed E-state index contributed by atoms with van der Waals surface area (Å²) in [7, 11) is -2.42. The fourth-order valence-corrected chi connectivity index (χ4v) is 4.96. The van der Waals surface area contributed by atoms with Crippen LogP contribution in [0.2, 0.25) is 0 Å². The Morgan fingerprint density at radius 1 is 0.943 bits per heavy atom. The average molecular weight is 494 g/mol. The van der Waals surface area contributed by atoms with E-state index < -0.39 is 15.9 Å². The molecule has 0 aromatic heterocycles. The van der Waals surface area contributed by atoms with Gasteiger partial charge in [0.25, 0.3) is 11.8 Å². The zero-order valence-electron chi connectivity index (χ0n) is 19.5. The number of carbonyl (C=O) groups is 2. The predicted octanol–water partition coefficient (Wildman–Crippen LogP) is 3.63. The highest BCUT2D eigenvalue weighted by Gasteiger charge is 2.30. The van der Waals surface area contributed by atoms with Gasteiger partial charge >= 0.3 is 0 Å². The normalized spacial score (nSPS) is 13.2. The molecule has 0 bridgehead atoms. The van der Waals surface area contributed by atoms with Crippen molar-refractivity contribution in [1.29, 1.82) is 0 Å². The second-order valence-electron chi connectivity index (χ2n) is 8.46. The summed E-state index contributed by atoms with van der Waals surface area (Å²) >= 11 is 0. The third-order valence-electron chi connectivity index (χ3n) is 5.57. The van der Waals surface area contributed by atoms with Crippen LogP contribution in [0.5, 0.6) is 5.75 Å². The number of hydrogen-bond acceptors (Lipinski definition) is 5. The summed E-state index contributed by atoms with van der Waals surface area (Å²) in [4.78, 5) is 25.2. The lowest BCUT2D eigenvalue weighted by Gasteiger charge is -2.13. The van der Waals surface area contributed by atoms with Crippen LogP contribution < -0.4 is 20.1 Å². The van der Waals surface area contributed by atoms with Crippen molar-refractivity contribution in [2.45, 2.75) is 37.2 Å². The minimum absolute atomic E-state index is 0.0686. The van der Waals surface area contributed by atoms with E-state index in [9.17, 15) is 18.0 Å². The summed E-state index contributed by atoms with van der Waals surface area (Å²) in [5.41, 5.74) is 3.20. The van der Waals surface area contributed by atoms with Crippen LogP contribution in [0, 0.1) is 6.92 Å². The maximum Gasteiger partial charge on any atom is 0.255 e. The topological polar surface area (TPSA) is 114 Å². The van der Waals surface area contributed by atoms with Crippen LogP contribution in [0.3, 0.4) is 0 Å². The van der Waals surface area contributed by atoms with Gasteiger partial charge in [-0.1, -0.05) is 29.8 Å². The number of hydrogen-bond donors (Lipinski definition) is 3. The number of aryl methyl sites for hydroxylation is 1. The first-order valence-corrected chi connectivity index (χ1v) is 12.7. The van der Waals surface area contributed by atoms with Crippen molar-refractivity contribution in [2.75, 3.05) is 12.4 Å². The van der Waals surface area contributed by atoms with Crippen LogP contribution in [0.15, 0.2) is 71.6 Å². The molecular weight excluding hydrogens is 466 g/mol. The van der Waals surface area contributed by atoms with Gasteiger partial charge in [-0.2, -0.15) is 0 Å². The first-order chi connectivity index (χ1) is 16.7. The summed E-state index contributed by atoms with van der Waals surface area (Å²) in [5.74, 6) is -0.477. The van der Waals surface area contributed by atoms with Gasteiger partial charge in [0.15, 0.2) is 0 Å². The lowest BCUT2D eigenvalue weighted by Crippen LogP contribution is -2.27. The Kier molecular flexibility index (Phi) is 7.18. The van der Waals surface area contributed by atoms with Crippen LogP contribution >= 0.6 is 0 Å². The lowest BCUT2D eigenvalue weighted by atomic mass is 10.1. The highest BCUT2D eigenvalue weighted by molar-refractivity contribution is 7.89. The predicted molar refractivity (Wildman–Crippen MR) is 133 cm³/mol. The summed E-state index contributed by atoms with van der Waals surface area (Å²) in [6, 6.07) is 18.7. The molecule has 35 heavy (non-hydrogen) atoms. The molecule has 0 heterocycles. The van der Waals surface area contributed by atoms with E-state index in [1.165, 1.54) is 25.3 Å². The number of anilines is 1. The summed E-state index contributed by atoms with van der Waals surface area (Å²) in [5, 5.41) is 5.65. The maximum atomic E-state index is 12.8. The maximum absolute atomic E-state index is 12.8. The molecule has 0 spiro atoms. The molecule has 1 saturated carbocycles. The number of rotatable bonds is 9. The molecule has 182 valence electrons. The van der Waals surface area contributed by atoms with E-state index >= 15 is 0 Å². The molecule has 2 amide bonds. The first kappa shape index (κ1) is 24.4. The van der Waals surface area contributed by atoms with E-state index in [1.807, 2.05) is 25.1 Å². The van der Waals surface area contributed by atoms with Gasteiger partial charge in [-0.15, -0.1) is 0 Å². The van der Waals surface area contributed by atoms with Crippen molar-refractivity contribution < 1.29 is 22.7 Å². The second-order valence-corrected chi connectivity index (χ2v) is 10.1. The molecular formula is C26H27N3O5S. The Balaban J connectivity index is 1.42. The zero-order chi connectivity index (χ0) is 25.0. The number of benzene rings is 3. The van der Waals surface area contributed by atoms with Crippen molar-refractivity contribution in [3.05, 3.63) is 89.0 Å². The molecule has 4 rings (SSSR count). The molecule has 0 unspecified atom stereocenters. The third-order valence-corrected chi connectivity index (χ3v) is 7.11. The monoisotopic (exact) mass is 493 g/mol. The van der Waals surface area contributed by atoms with E-state index in [2.05, 4.69) is 15.4 Å². The molecule has 1 aliphatic carbocycles. The standard InChI is InChI=1S/C26H27N3O5S/c1-17-6-8-19(9-7-17)26(31)28-22-5-3-4-18(14-22)16-27-25(30)20-10-13-23(34-2)24(15-20)35(32,33)29-21-11-12-21/h3-10,13-15,21,29H,11-12,16H2,1-2H3,(H,27,30)(H,28,31). The Morgan fingerprint density at radius 2 is 1.66 bits per heavy atom. The molecule has 3 N–H and O–H groups in total. The Labute approximate surface area is 204 Å². The highest BCUT2D eigenvalue weighted by atomic mass is 32.2. The van der Waals surface area contributed by atoms with E-state index in [-0.39, 0.29) is 34.7 Å². The fourth-order valence-electron chi connectivity index (χ4n) is 3.46. The first-order valence-electron chi connectivity index (χ1n) is 11.2. The molecule has 3 aromatic rings. The molecule has 0 atom stereocenters. The van der Waals surface area contributed by atoms with E-state index in [0.717, 1.165) is 24.0 Å². The average Bonchev–Trinajstić information content (AvgIpc) is 3.66. The van der Waals surface area contributed by atoms with Crippen molar-refractivity contribution in [3.63, 3.8) is 0 Å². The fraction of sp³-hybridized carbons (Fsp3) is 0.231. The van der Waals surface area contributed by atoms with Crippen LogP contribution in [0.1, 0.15) is 44.7 Å². The molecule has 1 aliphatic rings. The summed E-state index contributed by atoms with van der Waals surface area (Å²) < 4.78 is 33.2. The van der Waals surface area contributed by atoms with Crippen LogP contribution in [-0.2, 0) is 16.6 Å². The zero-order valence-corrected chi connectivity index (χ0v) is 20.3. The van der Waals surface area contributed by atoms with Gasteiger partial charge in [0.1, 0.15) is 10.6 Å². The highest BCUT2D eigenvalue weighted by Crippen LogP contribution is 2.28. The number of sulfonamides is 1. The molecule has 0 aliphatic heterocycles. The molecule has 8 nitrogen and oxygen atoms in total. The van der Waals surface area contributed by atoms with Crippen molar-refractivity contribution >= 4 is 27.5 Å². The number of nitrogens with one attached hydrogen (secondary N) is 3. The van der Waals surface area contributed by atoms with Gasteiger partial charge < -0.3 is 15.4 Å². The molecule has 9 heteroatoms. The molecule has 0 radical (unpaired) electrons. The smallest absolute Gasteiger partial charge is 0.255 e. The van der Waals surface area contributed by atoms with Gasteiger partial charge in [0, 0.05) is 29.4 Å². The van der Waals surface area contributed by atoms with E-state index in [4.69, 9.17) is 4.74 Å². The van der Waals surface area contributed by atoms with Gasteiger partial charge in [-0.05, 0) is 67.8 Å². The molecule has 3 aromatic carbocycles. The summed E-state index contributed by atoms with van der Waals surface area (Å²) in [6.07, 6.45) is 1.60. The van der Waals surface area contributed by atoms with Gasteiger partial charge in [-0.25, -0.2) is 13.1 Å². The van der Waals surface area contributed by atoms with Crippen LogP contribution in [-0.4, -0.2) is 33.4 Å². The van der Waals surface area contributed by atoms with Crippen molar-refractivity contribution in [3.8, 4) is 5.75 Å². The van der Waals surface area contributed by atoms with E-state index in [1.54, 1.807) is 30.3 Å². The molecule has 1 fully saturated rings. The van der Waals surface area contributed by atoms with E-state index in [0.29, 0.717) is 11.3 Å². The number of methoxy groups -OCH3 is 1. The number of ether oxygens (including phenoxy) is 1. The molecule has 0 saturated heterocycles. The quantitative estimate of drug-likeness (QED) is 0.421. The SMILES string of the molecule is COc1ccc(C(=O)NCc2cccc(NC(=O)c3ccc(C)cc3)c2)cc1S(=O)(=O)NC1CC1. The number of carbonyl (C=O) groups excluding carboxylic acids is 2. The largest absolute Gasteiger partial charge is 0.495 e. The van der Waals surface area contributed by atoms with Gasteiger partial charge in [-0.3, -0.25) is 9.59 Å². The van der Waals surface area contributed by atoms with Crippen molar-refractivity contribution in [1.82, 2.24) is 10.0 Å². The van der Waals surface area contributed by atoms with Gasteiger partial charge in [0.2, 0.25) is 10.0 Å². The second kappa shape index (κ2) is 10.3. The van der Waals surface area contributed by atoms with Crippen molar-refractivity contribution in [2.24, 2.45) is 0 Å². The number of amides is 2. The Morgan fingerprint density at radius 3 is 2.34 bits per heavy atom. The third kappa shape index (κ3) is 6.26. The Bertz CT molecular complexity index is 1350. The van der Waals surface area contributed by atoms with Crippen LogP contribution in [0.25, 0.3) is 0 Å².